The molecule has 0 unspecified atom stereocenters. The molecule has 104 valence electrons. The van der Waals surface area contributed by atoms with Crippen molar-refractivity contribution in [2.24, 2.45) is 0 Å². The predicted octanol–water partition coefficient (Wildman–Crippen LogP) is 2.61. The molecule has 0 bridgehead atoms. The number of nitrogens with two attached hydrogens (primary N) is 1. The van der Waals surface area contributed by atoms with E-state index < -0.39 is 0 Å². The minimum Gasteiger partial charge on any atom is -0.384 e. The van der Waals surface area contributed by atoms with E-state index >= 15 is 0 Å². The van der Waals surface area contributed by atoms with Crippen molar-refractivity contribution in [2.45, 2.75) is 26.2 Å². The summed E-state index contributed by atoms with van der Waals surface area (Å²) < 4.78 is 0. The zero-order chi connectivity index (χ0) is 14.8. The molecule has 0 aromatic carbocycles. The third-order valence-corrected chi connectivity index (χ3v) is 2.80. The summed E-state index contributed by atoms with van der Waals surface area (Å²) in [6, 6.07) is 6.88. The van der Waals surface area contributed by atoms with Crippen LogP contribution in [0.1, 0.15) is 36.8 Å². The Morgan fingerprint density at radius 1 is 1.30 bits per heavy atom. The van der Waals surface area contributed by atoms with Gasteiger partial charge < -0.3 is 11.1 Å². The van der Waals surface area contributed by atoms with Crippen LogP contribution >= 0.6 is 0 Å². The van der Waals surface area contributed by atoms with Gasteiger partial charge in [-0.15, -0.1) is 0 Å². The van der Waals surface area contributed by atoms with Crippen molar-refractivity contribution in [3.63, 3.8) is 0 Å². The molecule has 0 saturated carbocycles. The number of hydrogen-bond acceptors (Lipinski definition) is 4. The number of rotatable bonds is 2. The fourth-order valence-electron chi connectivity index (χ4n) is 1.71. The first-order valence-corrected chi connectivity index (χ1v) is 6.36. The lowest BCUT2D eigenvalue weighted by molar-refractivity contribution is 0.102. The number of nitrogens with zero attached hydrogens (tertiary/aromatic N) is 2. The summed E-state index contributed by atoms with van der Waals surface area (Å²) in [7, 11) is 0. The fourth-order valence-corrected chi connectivity index (χ4v) is 1.71. The van der Waals surface area contributed by atoms with Crippen molar-refractivity contribution in [3.05, 3.63) is 47.9 Å². The first kappa shape index (κ1) is 14.0. The molecule has 0 aliphatic carbocycles. The van der Waals surface area contributed by atoms with Gasteiger partial charge in [-0.2, -0.15) is 0 Å². The molecule has 0 radical (unpaired) electrons. The lowest BCUT2D eigenvalue weighted by Crippen LogP contribution is -2.18. The molecule has 2 aromatic rings. The SMILES string of the molecule is CC(C)(C)c1cc(C(=O)Nc2cccnc2)cc(N)n1. The van der Waals surface area contributed by atoms with E-state index in [0.29, 0.717) is 17.1 Å². The van der Waals surface area contributed by atoms with Crippen LogP contribution in [-0.4, -0.2) is 15.9 Å². The van der Waals surface area contributed by atoms with Crippen LogP contribution in [-0.2, 0) is 5.41 Å². The molecule has 0 aliphatic heterocycles. The van der Waals surface area contributed by atoms with Gasteiger partial charge in [-0.05, 0) is 24.3 Å². The topological polar surface area (TPSA) is 80.9 Å². The van der Waals surface area contributed by atoms with Gasteiger partial charge in [-0.3, -0.25) is 9.78 Å². The third-order valence-electron chi connectivity index (χ3n) is 2.80. The highest BCUT2D eigenvalue weighted by Crippen LogP contribution is 2.22. The second-order valence-corrected chi connectivity index (χ2v) is 5.61. The molecule has 0 spiro atoms. The largest absolute Gasteiger partial charge is 0.384 e. The molecule has 5 heteroatoms. The maximum atomic E-state index is 12.2. The summed E-state index contributed by atoms with van der Waals surface area (Å²) in [5, 5.41) is 2.78. The molecule has 0 aliphatic rings. The first-order valence-electron chi connectivity index (χ1n) is 6.36. The van der Waals surface area contributed by atoms with E-state index in [-0.39, 0.29) is 11.3 Å². The number of anilines is 2. The summed E-state index contributed by atoms with van der Waals surface area (Å²) in [6.07, 6.45) is 3.24. The Bertz CT molecular complexity index is 618. The maximum Gasteiger partial charge on any atom is 0.255 e. The molecule has 2 aromatic heterocycles. The van der Waals surface area contributed by atoms with E-state index in [2.05, 4.69) is 15.3 Å². The van der Waals surface area contributed by atoms with Gasteiger partial charge in [0.15, 0.2) is 0 Å². The van der Waals surface area contributed by atoms with Crippen molar-refractivity contribution in [1.29, 1.82) is 0 Å². The Labute approximate surface area is 118 Å². The van der Waals surface area contributed by atoms with E-state index in [4.69, 9.17) is 5.73 Å². The Balaban J connectivity index is 2.29. The van der Waals surface area contributed by atoms with Crippen LogP contribution in [0.2, 0.25) is 0 Å². The zero-order valence-electron chi connectivity index (χ0n) is 11.8. The number of pyridine rings is 2. The minimum atomic E-state index is -0.224. The van der Waals surface area contributed by atoms with Crippen LogP contribution in [0.5, 0.6) is 0 Å². The molecule has 0 fully saturated rings. The summed E-state index contributed by atoms with van der Waals surface area (Å²) in [5.74, 6) is 0.117. The molecule has 2 heterocycles. The highest BCUT2D eigenvalue weighted by molar-refractivity contribution is 6.04. The summed E-state index contributed by atoms with van der Waals surface area (Å²) in [6.45, 7) is 6.08. The number of nitrogen functional groups attached to an aromatic ring is 1. The van der Waals surface area contributed by atoms with Crippen molar-refractivity contribution < 1.29 is 4.79 Å². The lowest BCUT2D eigenvalue weighted by Gasteiger charge is -2.19. The van der Waals surface area contributed by atoms with Crippen LogP contribution in [0.25, 0.3) is 0 Å². The monoisotopic (exact) mass is 270 g/mol. The summed E-state index contributed by atoms with van der Waals surface area (Å²) >= 11 is 0. The number of carbonyl (C=O) groups excluding carboxylic acids is 1. The fraction of sp³-hybridized carbons (Fsp3) is 0.267. The Hall–Kier alpha value is -2.43. The van der Waals surface area contributed by atoms with Gasteiger partial charge in [0.2, 0.25) is 0 Å². The number of amides is 1. The van der Waals surface area contributed by atoms with Crippen LogP contribution < -0.4 is 11.1 Å². The molecule has 0 saturated heterocycles. The Kier molecular flexibility index (Phi) is 3.70. The van der Waals surface area contributed by atoms with Crippen LogP contribution in [0.4, 0.5) is 11.5 Å². The minimum absolute atomic E-state index is 0.168. The lowest BCUT2D eigenvalue weighted by atomic mass is 9.90. The van der Waals surface area contributed by atoms with Gasteiger partial charge in [-0.1, -0.05) is 20.8 Å². The van der Waals surface area contributed by atoms with Crippen LogP contribution in [0, 0.1) is 0 Å². The number of nitrogens with one attached hydrogen (secondary N) is 1. The van der Waals surface area contributed by atoms with Gasteiger partial charge in [0.25, 0.3) is 5.91 Å². The van der Waals surface area contributed by atoms with E-state index in [1.807, 2.05) is 20.8 Å². The predicted molar refractivity (Wildman–Crippen MR) is 79.5 cm³/mol. The van der Waals surface area contributed by atoms with E-state index in [1.165, 1.54) is 0 Å². The smallest absolute Gasteiger partial charge is 0.255 e. The molecular formula is C15H18N4O. The molecular weight excluding hydrogens is 252 g/mol. The van der Waals surface area contributed by atoms with E-state index in [9.17, 15) is 4.79 Å². The third kappa shape index (κ3) is 3.32. The second-order valence-electron chi connectivity index (χ2n) is 5.61. The maximum absolute atomic E-state index is 12.2. The molecule has 0 atom stereocenters. The quantitative estimate of drug-likeness (QED) is 0.879. The van der Waals surface area contributed by atoms with Gasteiger partial charge in [0, 0.05) is 22.9 Å². The van der Waals surface area contributed by atoms with Crippen molar-refractivity contribution >= 4 is 17.4 Å². The Morgan fingerprint density at radius 3 is 2.65 bits per heavy atom. The average molecular weight is 270 g/mol. The van der Waals surface area contributed by atoms with Crippen molar-refractivity contribution in [3.8, 4) is 0 Å². The molecule has 3 N–H and O–H groups in total. The summed E-state index contributed by atoms with van der Waals surface area (Å²) in [5.41, 5.74) is 7.54. The number of carbonyl (C=O) groups is 1. The normalized spacial score (nSPS) is 11.2. The Morgan fingerprint density at radius 2 is 2.05 bits per heavy atom. The first-order chi connectivity index (χ1) is 9.36. The molecule has 20 heavy (non-hydrogen) atoms. The van der Waals surface area contributed by atoms with E-state index in [0.717, 1.165) is 5.69 Å². The highest BCUT2D eigenvalue weighted by atomic mass is 16.1. The molecule has 2 rings (SSSR count). The second kappa shape index (κ2) is 5.28. The van der Waals surface area contributed by atoms with Crippen LogP contribution in [0.3, 0.4) is 0 Å². The number of aromatic nitrogens is 2. The number of hydrogen-bond donors (Lipinski definition) is 2. The van der Waals surface area contributed by atoms with Crippen LogP contribution in [0.15, 0.2) is 36.7 Å². The summed E-state index contributed by atoms with van der Waals surface area (Å²) in [4.78, 5) is 20.5. The van der Waals surface area contributed by atoms with Gasteiger partial charge in [0.05, 0.1) is 11.9 Å². The molecule has 1 amide bonds. The zero-order valence-corrected chi connectivity index (χ0v) is 11.8. The van der Waals surface area contributed by atoms with Crippen molar-refractivity contribution in [2.75, 3.05) is 11.1 Å². The molecule has 5 nitrogen and oxygen atoms in total. The standard InChI is InChI=1S/C15H18N4O/c1-15(2,3)12-7-10(8-13(16)19-12)14(20)18-11-5-4-6-17-9-11/h4-9H,1-3H3,(H2,16,19)(H,18,20). The average Bonchev–Trinajstić information content (AvgIpc) is 2.38. The van der Waals surface area contributed by atoms with Gasteiger partial charge in [0.1, 0.15) is 5.82 Å². The van der Waals surface area contributed by atoms with E-state index in [1.54, 1.807) is 36.7 Å². The highest BCUT2D eigenvalue weighted by Gasteiger charge is 2.18. The van der Waals surface area contributed by atoms with Crippen molar-refractivity contribution in [1.82, 2.24) is 9.97 Å². The van der Waals surface area contributed by atoms with Gasteiger partial charge in [-0.25, -0.2) is 4.98 Å². The van der Waals surface area contributed by atoms with Gasteiger partial charge >= 0.3 is 0 Å².